The largest absolute Gasteiger partial charge is 0.510 e. The third kappa shape index (κ3) is 6.21. The number of Topliss-reactive ketones (excluding diaryl/α,β-unsaturated/α-hetero) is 2. The molecule has 0 bridgehead atoms. The second-order valence-electron chi connectivity index (χ2n) is 17.3. The standard InChI is InChI=1S/C22H24N2O8.C21H24FN3O4/c1-21(31)8-5-4-6-11(25)12(8)16(26)13-9(21)7-10-15(24(2)3)17(27)14(20(23)30)19(29)22(10,32)18(13)28;1-29-20-17-13(19(26)14(21(27)28)9-25(17)12-4-5-12)7-15(22)18(20)24-8-11-3-2-6-23-16(11)10-24/h4-6,9-10,15,25,27-28,31-32H,7H2,1-3H3,(H2,23,30);7,9,11-12,16,23H,2-6,8,10H2,1H3,(H,27,28)/t9-,10-,15-,21+,22-;11-,16+/m00/s1. The van der Waals surface area contributed by atoms with E-state index in [1.807, 2.05) is 4.90 Å². The number of nitrogens with two attached hydrogens (primary N) is 1. The van der Waals surface area contributed by atoms with E-state index in [0.29, 0.717) is 35.5 Å². The molecule has 9 rings (SSSR count). The molecule has 7 atom stereocenters. The van der Waals surface area contributed by atoms with Gasteiger partial charge in [0.05, 0.1) is 35.2 Å². The fraction of sp³-hybridized carbons (Fsp3) is 0.465. The van der Waals surface area contributed by atoms with Gasteiger partial charge in [-0.2, -0.15) is 0 Å². The highest BCUT2D eigenvalue weighted by molar-refractivity contribution is 6.25. The lowest BCUT2D eigenvalue weighted by Gasteiger charge is -2.52. The number of fused-ring (bicyclic) bond motifs is 5. The van der Waals surface area contributed by atoms with Crippen LogP contribution in [-0.4, -0.2) is 122 Å². The van der Waals surface area contributed by atoms with E-state index >= 15 is 4.39 Å². The number of piperidine rings is 1. The van der Waals surface area contributed by atoms with E-state index in [9.17, 15) is 54.6 Å². The zero-order chi connectivity index (χ0) is 44.2. The summed E-state index contributed by atoms with van der Waals surface area (Å²) in [6, 6.07) is 4.67. The molecule has 1 aromatic heterocycles. The van der Waals surface area contributed by atoms with E-state index in [-0.39, 0.29) is 34.5 Å². The Hall–Kier alpha value is -5.82. The summed E-state index contributed by atoms with van der Waals surface area (Å²) in [5.41, 5.74) is -0.809. The Labute approximate surface area is 348 Å². The van der Waals surface area contributed by atoms with Crippen molar-refractivity contribution in [1.29, 1.82) is 0 Å². The molecule has 6 aliphatic rings. The van der Waals surface area contributed by atoms with Crippen LogP contribution in [0.3, 0.4) is 0 Å². The number of aromatic nitrogens is 1. The molecule has 2 aromatic carbocycles. The number of hydrogen-bond donors (Lipinski definition) is 8. The Morgan fingerprint density at radius 1 is 1.07 bits per heavy atom. The number of aromatic hydroxyl groups is 1. The number of hydrogen-bond acceptors (Lipinski definition) is 14. The number of aliphatic hydroxyl groups excluding tert-OH is 2. The Morgan fingerprint density at radius 3 is 2.38 bits per heavy atom. The first-order valence-electron chi connectivity index (χ1n) is 20.1. The fourth-order valence-electron chi connectivity index (χ4n) is 10.5. The minimum absolute atomic E-state index is 0.0599. The Kier molecular flexibility index (Phi) is 10.1. The fourth-order valence-corrected chi connectivity index (χ4v) is 10.5. The van der Waals surface area contributed by atoms with E-state index in [4.69, 9.17) is 10.5 Å². The summed E-state index contributed by atoms with van der Waals surface area (Å²) >= 11 is 0. The number of phenolic OH excluding ortho intramolecular Hbond substituents is 1. The molecule has 2 aliphatic heterocycles. The zero-order valence-electron chi connectivity index (χ0n) is 33.9. The molecular formula is C43H48FN5O12. The summed E-state index contributed by atoms with van der Waals surface area (Å²) in [5.74, 6) is -8.96. The van der Waals surface area contributed by atoms with Gasteiger partial charge in [0.15, 0.2) is 23.0 Å². The summed E-state index contributed by atoms with van der Waals surface area (Å²) in [4.78, 5) is 66.2. The number of anilines is 1. The Bertz CT molecular complexity index is 2550. The predicted molar refractivity (Wildman–Crippen MR) is 216 cm³/mol. The number of halogens is 1. The number of aromatic carboxylic acids is 1. The number of carboxylic acid groups (broad SMARTS) is 1. The lowest BCUT2D eigenvalue weighted by atomic mass is 9.55. The van der Waals surface area contributed by atoms with Crippen LogP contribution in [0.25, 0.3) is 10.9 Å². The molecule has 0 unspecified atom stereocenters. The maximum absolute atomic E-state index is 15.3. The van der Waals surface area contributed by atoms with Gasteiger partial charge in [-0.3, -0.25) is 24.1 Å². The molecule has 3 fully saturated rings. The third-order valence-electron chi connectivity index (χ3n) is 13.5. The number of pyridine rings is 1. The SMILES string of the molecule is CN(C)[C@@H]1C(O)=C(C(N)=O)C(=O)[C@@]2(O)C(O)=C3C(=O)c4c(O)cccc4[C@@](C)(O)[C@H]3C[C@@H]12.COc1c(N2C[C@@H]3CCCN[C@@H]3C2)c(F)cc2c(=O)c(C(=O)O)cn(C3CC3)c12. The van der Waals surface area contributed by atoms with Crippen molar-refractivity contribution in [3.63, 3.8) is 0 Å². The monoisotopic (exact) mass is 845 g/mol. The molecule has 17 nitrogen and oxygen atoms in total. The lowest BCUT2D eigenvalue weighted by molar-refractivity contribution is -0.151. The molecule has 0 radical (unpaired) electrons. The first-order chi connectivity index (χ1) is 28.8. The zero-order valence-corrected chi connectivity index (χ0v) is 33.9. The molecule has 4 aliphatic carbocycles. The van der Waals surface area contributed by atoms with Gasteiger partial charge in [-0.05, 0) is 83.3 Å². The average molecular weight is 846 g/mol. The molecule has 2 saturated heterocycles. The van der Waals surface area contributed by atoms with Gasteiger partial charge in [-0.15, -0.1) is 0 Å². The van der Waals surface area contributed by atoms with Crippen molar-refractivity contribution < 1.29 is 58.9 Å². The van der Waals surface area contributed by atoms with Crippen LogP contribution in [-0.2, 0) is 15.2 Å². The van der Waals surface area contributed by atoms with Crippen LogP contribution in [0.4, 0.5) is 10.1 Å². The number of nitrogens with one attached hydrogen (secondary N) is 1. The van der Waals surface area contributed by atoms with Crippen molar-refractivity contribution >= 4 is 40.0 Å². The summed E-state index contributed by atoms with van der Waals surface area (Å²) < 4.78 is 22.8. The third-order valence-corrected chi connectivity index (χ3v) is 13.5. The van der Waals surface area contributed by atoms with Crippen molar-refractivity contribution in [2.75, 3.05) is 45.7 Å². The Morgan fingerprint density at radius 2 is 1.77 bits per heavy atom. The summed E-state index contributed by atoms with van der Waals surface area (Å²) in [7, 11) is 4.54. The molecule has 0 spiro atoms. The highest BCUT2D eigenvalue weighted by Gasteiger charge is 2.65. The number of primary amides is 1. The first kappa shape index (κ1) is 41.9. The van der Waals surface area contributed by atoms with Crippen molar-refractivity contribution in [1.82, 2.24) is 14.8 Å². The molecule has 61 heavy (non-hydrogen) atoms. The number of amides is 1. The van der Waals surface area contributed by atoms with Gasteiger partial charge in [-0.1, -0.05) is 12.1 Å². The van der Waals surface area contributed by atoms with E-state index in [1.165, 1.54) is 63.5 Å². The van der Waals surface area contributed by atoms with Crippen LogP contribution >= 0.6 is 0 Å². The normalized spacial score (nSPS) is 29.4. The number of ether oxygens (including phenoxy) is 1. The van der Waals surface area contributed by atoms with Crippen molar-refractivity contribution in [2.45, 2.75) is 68.4 Å². The first-order valence-corrected chi connectivity index (χ1v) is 20.1. The van der Waals surface area contributed by atoms with Crippen LogP contribution in [0.15, 0.2) is 57.9 Å². The predicted octanol–water partition coefficient (Wildman–Crippen LogP) is 2.16. The molecular weight excluding hydrogens is 797 g/mol. The van der Waals surface area contributed by atoms with Gasteiger partial charge in [0, 0.05) is 48.8 Å². The maximum atomic E-state index is 15.3. The van der Waals surface area contributed by atoms with Gasteiger partial charge >= 0.3 is 5.97 Å². The quantitative estimate of drug-likeness (QED) is 0.165. The summed E-state index contributed by atoms with van der Waals surface area (Å²) in [6.07, 6.45) is 5.20. The van der Waals surface area contributed by atoms with Crippen LogP contribution < -0.4 is 26.1 Å². The number of ketones is 2. The van der Waals surface area contributed by atoms with E-state index in [0.717, 1.165) is 38.8 Å². The minimum atomic E-state index is -2.75. The highest BCUT2D eigenvalue weighted by Crippen LogP contribution is 2.56. The number of nitrogens with zero attached hydrogens (tertiary/aromatic N) is 3. The molecule has 3 aromatic rings. The molecule has 18 heteroatoms. The van der Waals surface area contributed by atoms with Crippen molar-refractivity contribution in [2.24, 2.45) is 23.5 Å². The van der Waals surface area contributed by atoms with Gasteiger partial charge in [-0.25, -0.2) is 9.18 Å². The summed E-state index contributed by atoms with van der Waals surface area (Å²) in [5, 5.41) is 68.1. The average Bonchev–Trinajstić information content (AvgIpc) is 3.95. The van der Waals surface area contributed by atoms with E-state index in [1.54, 1.807) is 4.57 Å². The number of likely N-dealkylation sites (N-methyl/N-ethyl adjacent to an activating group) is 1. The van der Waals surface area contributed by atoms with E-state index in [2.05, 4.69) is 5.32 Å². The van der Waals surface area contributed by atoms with E-state index < -0.39 is 92.2 Å². The number of carbonyl (C=O) groups excluding carboxylic acids is 3. The molecule has 3 heterocycles. The second kappa shape index (κ2) is 14.7. The minimum Gasteiger partial charge on any atom is -0.510 e. The Balaban J connectivity index is 0.000000169. The lowest BCUT2D eigenvalue weighted by Crippen LogP contribution is -2.65. The molecule has 1 saturated carbocycles. The second-order valence-corrected chi connectivity index (χ2v) is 17.3. The van der Waals surface area contributed by atoms with Crippen molar-refractivity contribution in [3.05, 3.63) is 85.9 Å². The topological polar surface area (TPSA) is 265 Å². The van der Waals surface area contributed by atoms with Gasteiger partial charge in [0.1, 0.15) is 34.1 Å². The number of rotatable bonds is 6. The number of carboxylic acids is 1. The number of carbonyl (C=O) groups is 4. The number of benzene rings is 2. The van der Waals surface area contributed by atoms with Crippen LogP contribution in [0.2, 0.25) is 0 Å². The molecule has 9 N–H and O–H groups in total. The van der Waals surface area contributed by atoms with Crippen molar-refractivity contribution in [3.8, 4) is 11.5 Å². The van der Waals surface area contributed by atoms with Gasteiger partial charge in [0.2, 0.25) is 11.2 Å². The molecule has 324 valence electrons. The smallest absolute Gasteiger partial charge is 0.341 e. The highest BCUT2D eigenvalue weighted by atomic mass is 19.1. The van der Waals surface area contributed by atoms with Crippen LogP contribution in [0.1, 0.15) is 71.3 Å². The molecule has 1 amide bonds. The number of aliphatic hydroxyl groups is 4. The number of phenols is 1. The van der Waals surface area contributed by atoms with Gasteiger partial charge < -0.3 is 55.9 Å². The maximum Gasteiger partial charge on any atom is 0.341 e. The van der Waals surface area contributed by atoms with Crippen LogP contribution in [0, 0.1) is 23.6 Å². The summed E-state index contributed by atoms with van der Waals surface area (Å²) in [6.45, 7) is 3.80. The number of methoxy groups -OCH3 is 1. The van der Waals surface area contributed by atoms with Gasteiger partial charge in [0.25, 0.3) is 5.91 Å². The van der Waals surface area contributed by atoms with Crippen LogP contribution in [0.5, 0.6) is 11.5 Å².